The van der Waals surface area contributed by atoms with Crippen molar-refractivity contribution in [2.45, 2.75) is 46.1 Å². The summed E-state index contributed by atoms with van der Waals surface area (Å²) in [4.78, 5) is 0. The molecule has 2 unspecified atom stereocenters. The predicted octanol–water partition coefficient (Wildman–Crippen LogP) is 2.44. The van der Waals surface area contributed by atoms with Crippen LogP contribution in [0.1, 0.15) is 40.0 Å². The van der Waals surface area contributed by atoms with Gasteiger partial charge in [0.1, 0.15) is 0 Å². The molecule has 0 spiro atoms. The first kappa shape index (κ1) is 12.0. The summed E-state index contributed by atoms with van der Waals surface area (Å²) in [5, 5.41) is 3.60. The summed E-state index contributed by atoms with van der Waals surface area (Å²) in [5.74, 6) is 1.52. The quantitative estimate of drug-likeness (QED) is 0.734. The maximum atomic E-state index is 5.55. The molecule has 0 saturated carbocycles. The van der Waals surface area contributed by atoms with Crippen LogP contribution < -0.4 is 5.32 Å². The average molecular weight is 199 g/mol. The molecule has 14 heavy (non-hydrogen) atoms. The Morgan fingerprint density at radius 2 is 2.21 bits per heavy atom. The fourth-order valence-corrected chi connectivity index (χ4v) is 2.30. The Labute approximate surface area is 88.4 Å². The Bertz CT molecular complexity index is 141. The standard InChI is InChI=1S/C12H25NO/c1-4-13-12(8-10(2)3)11-6-5-7-14-9-11/h10-13H,4-9H2,1-3H3. The van der Waals surface area contributed by atoms with Crippen LogP contribution in [-0.4, -0.2) is 25.8 Å². The first-order valence-electron chi connectivity index (χ1n) is 6.05. The summed E-state index contributed by atoms with van der Waals surface area (Å²) in [6.07, 6.45) is 3.86. The zero-order valence-electron chi connectivity index (χ0n) is 9.88. The summed E-state index contributed by atoms with van der Waals surface area (Å²) < 4.78 is 5.55. The third kappa shape index (κ3) is 3.97. The average Bonchev–Trinajstić information content (AvgIpc) is 2.18. The van der Waals surface area contributed by atoms with Gasteiger partial charge in [0.2, 0.25) is 0 Å². The predicted molar refractivity (Wildman–Crippen MR) is 60.5 cm³/mol. The van der Waals surface area contributed by atoms with E-state index in [9.17, 15) is 0 Å². The lowest BCUT2D eigenvalue weighted by Crippen LogP contribution is -2.41. The van der Waals surface area contributed by atoms with Crippen LogP contribution in [-0.2, 0) is 4.74 Å². The van der Waals surface area contributed by atoms with Crippen molar-refractivity contribution in [1.82, 2.24) is 5.32 Å². The molecule has 1 heterocycles. The fraction of sp³-hybridized carbons (Fsp3) is 1.00. The second-order valence-corrected chi connectivity index (χ2v) is 4.77. The molecule has 2 atom stereocenters. The van der Waals surface area contributed by atoms with E-state index in [1.165, 1.54) is 19.3 Å². The molecular formula is C12H25NO. The topological polar surface area (TPSA) is 21.3 Å². The number of hydrogen-bond donors (Lipinski definition) is 1. The normalized spacial score (nSPS) is 25.3. The molecule has 0 amide bonds. The van der Waals surface area contributed by atoms with E-state index in [1.54, 1.807) is 0 Å². The molecule has 0 aromatic heterocycles. The number of nitrogens with one attached hydrogen (secondary N) is 1. The lowest BCUT2D eigenvalue weighted by molar-refractivity contribution is 0.0363. The molecule has 1 aliphatic heterocycles. The molecule has 1 N–H and O–H groups in total. The van der Waals surface area contributed by atoms with Crippen LogP contribution in [0.2, 0.25) is 0 Å². The summed E-state index contributed by atoms with van der Waals surface area (Å²) in [6, 6.07) is 0.667. The summed E-state index contributed by atoms with van der Waals surface area (Å²) in [5.41, 5.74) is 0. The summed E-state index contributed by atoms with van der Waals surface area (Å²) in [7, 11) is 0. The van der Waals surface area contributed by atoms with Gasteiger partial charge in [0.05, 0.1) is 6.61 Å². The van der Waals surface area contributed by atoms with Crippen LogP contribution in [0, 0.1) is 11.8 Å². The zero-order valence-corrected chi connectivity index (χ0v) is 9.88. The van der Waals surface area contributed by atoms with E-state index in [-0.39, 0.29) is 0 Å². The highest BCUT2D eigenvalue weighted by Crippen LogP contribution is 2.21. The van der Waals surface area contributed by atoms with Crippen LogP contribution in [0.15, 0.2) is 0 Å². The van der Waals surface area contributed by atoms with Crippen LogP contribution in [0.3, 0.4) is 0 Å². The van der Waals surface area contributed by atoms with Crippen molar-refractivity contribution >= 4 is 0 Å². The fourth-order valence-electron chi connectivity index (χ4n) is 2.30. The number of hydrogen-bond acceptors (Lipinski definition) is 2. The monoisotopic (exact) mass is 199 g/mol. The van der Waals surface area contributed by atoms with Gasteiger partial charge in [-0.2, -0.15) is 0 Å². The second-order valence-electron chi connectivity index (χ2n) is 4.77. The Balaban J connectivity index is 2.38. The first-order valence-corrected chi connectivity index (χ1v) is 6.05. The second kappa shape index (κ2) is 6.41. The molecule has 2 nitrogen and oxygen atoms in total. The van der Waals surface area contributed by atoms with Crippen molar-refractivity contribution in [3.8, 4) is 0 Å². The minimum Gasteiger partial charge on any atom is -0.381 e. The van der Waals surface area contributed by atoms with E-state index in [4.69, 9.17) is 4.74 Å². The van der Waals surface area contributed by atoms with Gasteiger partial charge in [0.25, 0.3) is 0 Å². The maximum absolute atomic E-state index is 5.55. The van der Waals surface area contributed by atoms with Crippen molar-refractivity contribution in [2.24, 2.45) is 11.8 Å². The van der Waals surface area contributed by atoms with Gasteiger partial charge in [0.15, 0.2) is 0 Å². The highest BCUT2D eigenvalue weighted by molar-refractivity contribution is 4.79. The van der Waals surface area contributed by atoms with Crippen LogP contribution >= 0.6 is 0 Å². The highest BCUT2D eigenvalue weighted by atomic mass is 16.5. The molecule has 84 valence electrons. The number of ether oxygens (including phenoxy) is 1. The van der Waals surface area contributed by atoms with Crippen LogP contribution in [0.25, 0.3) is 0 Å². The maximum Gasteiger partial charge on any atom is 0.0509 e. The Kier molecular flexibility index (Phi) is 5.49. The lowest BCUT2D eigenvalue weighted by atomic mass is 9.88. The molecule has 0 aromatic carbocycles. The van der Waals surface area contributed by atoms with E-state index in [0.29, 0.717) is 6.04 Å². The van der Waals surface area contributed by atoms with Gasteiger partial charge in [-0.25, -0.2) is 0 Å². The molecule has 0 radical (unpaired) electrons. The zero-order chi connectivity index (χ0) is 10.4. The Hall–Kier alpha value is -0.0800. The first-order chi connectivity index (χ1) is 6.74. The van der Waals surface area contributed by atoms with Gasteiger partial charge < -0.3 is 10.1 Å². The number of rotatable bonds is 5. The molecule has 1 saturated heterocycles. The van der Waals surface area contributed by atoms with Gasteiger partial charge in [0, 0.05) is 12.6 Å². The third-order valence-electron chi connectivity index (χ3n) is 2.96. The minimum atomic E-state index is 0.667. The van der Waals surface area contributed by atoms with Gasteiger partial charge >= 0.3 is 0 Å². The molecule has 1 aliphatic rings. The smallest absolute Gasteiger partial charge is 0.0509 e. The van der Waals surface area contributed by atoms with Gasteiger partial charge in [-0.3, -0.25) is 0 Å². The summed E-state index contributed by atoms with van der Waals surface area (Å²) >= 11 is 0. The van der Waals surface area contributed by atoms with Crippen molar-refractivity contribution in [1.29, 1.82) is 0 Å². The van der Waals surface area contributed by atoms with Crippen molar-refractivity contribution in [3.63, 3.8) is 0 Å². The SMILES string of the molecule is CCNC(CC(C)C)C1CCCOC1. The Morgan fingerprint density at radius 1 is 1.43 bits per heavy atom. The molecule has 0 aliphatic carbocycles. The lowest BCUT2D eigenvalue weighted by Gasteiger charge is -2.31. The highest BCUT2D eigenvalue weighted by Gasteiger charge is 2.23. The van der Waals surface area contributed by atoms with Crippen molar-refractivity contribution < 1.29 is 4.74 Å². The van der Waals surface area contributed by atoms with Crippen molar-refractivity contribution in [2.75, 3.05) is 19.8 Å². The van der Waals surface area contributed by atoms with E-state index in [2.05, 4.69) is 26.1 Å². The van der Waals surface area contributed by atoms with E-state index in [0.717, 1.165) is 31.6 Å². The van der Waals surface area contributed by atoms with Crippen LogP contribution in [0.4, 0.5) is 0 Å². The van der Waals surface area contributed by atoms with Gasteiger partial charge in [-0.05, 0) is 37.6 Å². The minimum absolute atomic E-state index is 0.667. The molecule has 1 rings (SSSR count). The Morgan fingerprint density at radius 3 is 2.71 bits per heavy atom. The molecule has 2 heteroatoms. The van der Waals surface area contributed by atoms with E-state index < -0.39 is 0 Å². The molecule has 0 aromatic rings. The van der Waals surface area contributed by atoms with E-state index >= 15 is 0 Å². The van der Waals surface area contributed by atoms with Crippen LogP contribution in [0.5, 0.6) is 0 Å². The van der Waals surface area contributed by atoms with Gasteiger partial charge in [-0.1, -0.05) is 20.8 Å². The molecule has 0 bridgehead atoms. The molecule has 1 fully saturated rings. The van der Waals surface area contributed by atoms with E-state index in [1.807, 2.05) is 0 Å². The summed E-state index contributed by atoms with van der Waals surface area (Å²) in [6.45, 7) is 9.80. The molecular weight excluding hydrogens is 174 g/mol. The largest absolute Gasteiger partial charge is 0.381 e. The van der Waals surface area contributed by atoms with Gasteiger partial charge in [-0.15, -0.1) is 0 Å². The third-order valence-corrected chi connectivity index (χ3v) is 2.96. The van der Waals surface area contributed by atoms with Crippen molar-refractivity contribution in [3.05, 3.63) is 0 Å².